The van der Waals surface area contributed by atoms with Crippen LogP contribution in [0.25, 0.3) is 0 Å². The predicted molar refractivity (Wildman–Crippen MR) is 114 cm³/mol. The Morgan fingerprint density at radius 3 is 2.94 bits per heavy atom. The highest BCUT2D eigenvalue weighted by molar-refractivity contribution is 7.09. The lowest BCUT2D eigenvalue weighted by Gasteiger charge is -2.08. The number of para-hydroxylation sites is 2. The van der Waals surface area contributed by atoms with E-state index in [1.165, 1.54) is 30.6 Å². The molecule has 160 valence electrons. The molecule has 2 aromatic carbocycles. The lowest BCUT2D eigenvalue weighted by atomic mass is 10.2. The fourth-order valence-electron chi connectivity index (χ4n) is 2.88. The van der Waals surface area contributed by atoms with Crippen LogP contribution in [0.3, 0.4) is 0 Å². The Balaban J connectivity index is 1.32. The third kappa shape index (κ3) is 4.89. The number of nitrogens with zero attached hydrogens (tertiary/aromatic N) is 1. The van der Waals surface area contributed by atoms with Crippen LogP contribution in [-0.4, -0.2) is 30.8 Å². The summed E-state index contributed by atoms with van der Waals surface area (Å²) in [5.41, 5.74) is 1.38. The van der Waals surface area contributed by atoms with E-state index in [2.05, 4.69) is 10.3 Å². The number of ether oxygens (including phenoxy) is 4. The van der Waals surface area contributed by atoms with E-state index in [9.17, 15) is 9.59 Å². The normalized spacial score (nSPS) is 11.8. The van der Waals surface area contributed by atoms with Crippen molar-refractivity contribution in [1.29, 1.82) is 0 Å². The van der Waals surface area contributed by atoms with Crippen LogP contribution in [0, 0.1) is 0 Å². The molecule has 0 saturated heterocycles. The van der Waals surface area contributed by atoms with Gasteiger partial charge in [0.15, 0.2) is 11.5 Å². The van der Waals surface area contributed by atoms with E-state index >= 15 is 0 Å². The number of rotatable bonds is 7. The fraction of sp³-hybridized carbons (Fsp3) is 0.190. The molecule has 1 aromatic heterocycles. The maximum atomic E-state index is 12.3. The number of thiazole rings is 1. The minimum atomic E-state index is -0.566. The molecule has 0 bridgehead atoms. The lowest BCUT2D eigenvalue weighted by molar-refractivity contribution is -0.115. The SMILES string of the molecule is COc1ccccc1NC(=O)Cc1nc(COC(=O)c2cc(Cl)c3c(c2)OCO3)cs1. The van der Waals surface area contributed by atoms with Gasteiger partial charge >= 0.3 is 5.97 Å². The van der Waals surface area contributed by atoms with Crippen LogP contribution < -0.4 is 19.5 Å². The highest BCUT2D eigenvalue weighted by atomic mass is 35.5. The Bertz CT molecular complexity index is 1130. The number of carbonyl (C=O) groups is 2. The topological polar surface area (TPSA) is 96.0 Å². The molecule has 8 nitrogen and oxygen atoms in total. The van der Waals surface area contributed by atoms with Crippen LogP contribution in [0.5, 0.6) is 17.2 Å². The summed E-state index contributed by atoms with van der Waals surface area (Å²) in [6.45, 7) is 0.0231. The molecule has 0 fully saturated rings. The number of hydrogen-bond donors (Lipinski definition) is 1. The molecule has 1 N–H and O–H groups in total. The number of halogens is 1. The van der Waals surface area contributed by atoms with Gasteiger partial charge in [-0.15, -0.1) is 11.3 Å². The van der Waals surface area contributed by atoms with Crippen LogP contribution in [0.2, 0.25) is 5.02 Å². The average molecular weight is 461 g/mol. The Morgan fingerprint density at radius 1 is 1.26 bits per heavy atom. The number of amides is 1. The Labute approximate surface area is 186 Å². The molecule has 10 heteroatoms. The molecule has 0 radical (unpaired) electrons. The first-order chi connectivity index (χ1) is 15.0. The Kier molecular flexibility index (Phi) is 6.24. The van der Waals surface area contributed by atoms with Crippen LogP contribution >= 0.6 is 22.9 Å². The van der Waals surface area contributed by atoms with Crippen molar-refractivity contribution in [2.45, 2.75) is 13.0 Å². The van der Waals surface area contributed by atoms with Gasteiger partial charge in [0.1, 0.15) is 17.4 Å². The van der Waals surface area contributed by atoms with Gasteiger partial charge in [0.25, 0.3) is 0 Å². The summed E-state index contributed by atoms with van der Waals surface area (Å²) < 4.78 is 21.0. The zero-order valence-electron chi connectivity index (χ0n) is 16.3. The molecule has 1 amide bonds. The lowest BCUT2D eigenvalue weighted by Crippen LogP contribution is -2.15. The molecule has 0 atom stereocenters. The van der Waals surface area contributed by atoms with E-state index in [0.717, 1.165) is 0 Å². The molecule has 31 heavy (non-hydrogen) atoms. The first kappa shape index (κ1) is 21.0. The molecule has 0 saturated carbocycles. The van der Waals surface area contributed by atoms with Gasteiger partial charge in [0, 0.05) is 5.38 Å². The number of hydrogen-bond acceptors (Lipinski definition) is 8. The second-order valence-corrected chi connectivity index (χ2v) is 7.78. The second kappa shape index (κ2) is 9.23. The van der Waals surface area contributed by atoms with Crippen LogP contribution in [0.4, 0.5) is 5.69 Å². The van der Waals surface area contributed by atoms with E-state index in [1.54, 1.807) is 23.6 Å². The van der Waals surface area contributed by atoms with Gasteiger partial charge in [-0.1, -0.05) is 23.7 Å². The predicted octanol–water partition coefficient (Wildman–Crippen LogP) is 4.07. The third-order valence-corrected chi connectivity index (χ3v) is 5.48. The van der Waals surface area contributed by atoms with Crippen LogP contribution in [-0.2, 0) is 22.6 Å². The number of nitrogens with one attached hydrogen (secondary N) is 1. The Hall–Kier alpha value is -3.30. The second-order valence-electron chi connectivity index (χ2n) is 6.43. The highest BCUT2D eigenvalue weighted by Gasteiger charge is 2.21. The van der Waals surface area contributed by atoms with Crippen molar-refractivity contribution >= 4 is 40.5 Å². The zero-order valence-corrected chi connectivity index (χ0v) is 17.9. The van der Waals surface area contributed by atoms with E-state index in [4.69, 9.17) is 30.5 Å². The van der Waals surface area contributed by atoms with E-state index in [-0.39, 0.29) is 36.3 Å². The molecule has 3 aromatic rings. The summed E-state index contributed by atoms with van der Waals surface area (Å²) in [6, 6.07) is 10.1. The zero-order chi connectivity index (χ0) is 21.8. The summed E-state index contributed by atoms with van der Waals surface area (Å²) >= 11 is 7.41. The number of aromatic nitrogens is 1. The van der Waals surface area contributed by atoms with Crippen molar-refractivity contribution in [1.82, 2.24) is 4.98 Å². The first-order valence-corrected chi connectivity index (χ1v) is 10.4. The van der Waals surface area contributed by atoms with Gasteiger partial charge in [0.2, 0.25) is 12.7 Å². The van der Waals surface area contributed by atoms with Crippen molar-refractivity contribution < 1.29 is 28.5 Å². The quantitative estimate of drug-likeness (QED) is 0.531. The smallest absolute Gasteiger partial charge is 0.338 e. The minimum absolute atomic E-state index is 0.0322. The Morgan fingerprint density at radius 2 is 2.10 bits per heavy atom. The van der Waals surface area contributed by atoms with Crippen molar-refractivity contribution in [3.63, 3.8) is 0 Å². The number of methoxy groups -OCH3 is 1. The first-order valence-electron chi connectivity index (χ1n) is 9.16. The number of fused-ring (bicyclic) bond motifs is 1. The van der Waals surface area contributed by atoms with Crippen LogP contribution in [0.15, 0.2) is 41.8 Å². The van der Waals surface area contributed by atoms with Gasteiger partial charge in [-0.3, -0.25) is 4.79 Å². The van der Waals surface area contributed by atoms with E-state index < -0.39 is 5.97 Å². The molecule has 0 aliphatic carbocycles. The van der Waals surface area contributed by atoms with Gasteiger partial charge < -0.3 is 24.3 Å². The molecule has 4 rings (SSSR count). The summed E-state index contributed by atoms with van der Waals surface area (Å²) in [5, 5.41) is 5.42. The number of benzene rings is 2. The number of anilines is 1. The van der Waals surface area contributed by atoms with Crippen LogP contribution in [0.1, 0.15) is 21.1 Å². The highest BCUT2D eigenvalue weighted by Crippen LogP contribution is 2.40. The van der Waals surface area contributed by atoms with E-state index in [1.807, 2.05) is 6.07 Å². The monoisotopic (exact) mass is 460 g/mol. The molecule has 2 heterocycles. The van der Waals surface area contributed by atoms with Gasteiger partial charge in [-0.25, -0.2) is 9.78 Å². The van der Waals surface area contributed by atoms with Gasteiger partial charge in [0.05, 0.1) is 35.5 Å². The summed E-state index contributed by atoms with van der Waals surface area (Å²) in [5.74, 6) is 0.595. The summed E-state index contributed by atoms with van der Waals surface area (Å²) in [7, 11) is 1.54. The molecule has 0 unspecified atom stereocenters. The maximum Gasteiger partial charge on any atom is 0.338 e. The standard InChI is InChI=1S/C21H17ClN2O6S/c1-27-16-5-3-2-4-15(16)24-18(25)8-19-23-13(10-31-19)9-28-21(26)12-6-14(22)20-17(7-12)29-11-30-20/h2-7,10H,8-9,11H2,1H3,(H,24,25). The maximum absolute atomic E-state index is 12.3. The summed E-state index contributed by atoms with van der Waals surface area (Å²) in [6.07, 6.45) is 0.0917. The van der Waals surface area contributed by atoms with Crippen molar-refractivity contribution in [2.24, 2.45) is 0 Å². The average Bonchev–Trinajstić information content (AvgIpc) is 3.42. The third-order valence-electron chi connectivity index (χ3n) is 4.31. The molecule has 1 aliphatic rings. The molecule has 1 aliphatic heterocycles. The van der Waals surface area contributed by atoms with Gasteiger partial charge in [-0.05, 0) is 24.3 Å². The molecular weight excluding hydrogens is 444 g/mol. The number of esters is 1. The van der Waals surface area contributed by atoms with Crippen molar-refractivity contribution in [2.75, 3.05) is 19.2 Å². The minimum Gasteiger partial charge on any atom is -0.495 e. The largest absolute Gasteiger partial charge is 0.495 e. The van der Waals surface area contributed by atoms with Gasteiger partial charge in [-0.2, -0.15) is 0 Å². The van der Waals surface area contributed by atoms with E-state index in [0.29, 0.717) is 33.6 Å². The molecule has 0 spiro atoms. The molecular formula is C21H17ClN2O6S. The van der Waals surface area contributed by atoms with Crippen molar-refractivity contribution in [3.05, 3.63) is 63.1 Å². The fourth-order valence-corrected chi connectivity index (χ4v) is 3.93. The van der Waals surface area contributed by atoms with Crippen molar-refractivity contribution in [3.8, 4) is 17.2 Å². The summed E-state index contributed by atoms with van der Waals surface area (Å²) in [4.78, 5) is 29.0. The number of carbonyl (C=O) groups excluding carboxylic acids is 2.